The fourth-order valence-electron chi connectivity index (χ4n) is 1.53. The minimum Gasteiger partial charge on any atom is -0.458 e. The van der Waals surface area contributed by atoms with Crippen molar-refractivity contribution in [3.63, 3.8) is 0 Å². The Kier molecular flexibility index (Phi) is 2.73. The number of likely N-dealkylation sites (N-methyl/N-ethyl adjacent to an activating group) is 1. The molecule has 2 unspecified atom stereocenters. The third-order valence-corrected chi connectivity index (χ3v) is 2.61. The second-order valence-corrected chi connectivity index (χ2v) is 3.67. The van der Waals surface area contributed by atoms with Crippen molar-refractivity contribution in [3.05, 3.63) is 36.1 Å². The van der Waals surface area contributed by atoms with Crippen molar-refractivity contribution < 1.29 is 8.81 Å². The molecule has 0 saturated heterocycles. The van der Waals surface area contributed by atoms with Gasteiger partial charge in [-0.25, -0.2) is 4.39 Å². The van der Waals surface area contributed by atoms with Gasteiger partial charge < -0.3 is 9.73 Å². The van der Waals surface area contributed by atoms with E-state index in [1.54, 1.807) is 20.0 Å². The minimum absolute atomic E-state index is 0.245. The van der Waals surface area contributed by atoms with E-state index in [0.29, 0.717) is 5.76 Å². The summed E-state index contributed by atoms with van der Waals surface area (Å²) in [4.78, 5) is 0. The van der Waals surface area contributed by atoms with Crippen molar-refractivity contribution >= 4 is 11.0 Å². The molecule has 0 aliphatic rings. The molecule has 0 radical (unpaired) electrons. The zero-order valence-corrected chi connectivity index (χ0v) is 8.83. The standard InChI is InChI=1S/C12H14FNO/c1-8(14-2)12(13)11-7-9-5-3-4-6-10(9)15-11/h3-8,12,14H,1-2H3. The number of hydrogen-bond donors (Lipinski definition) is 1. The molecule has 1 N–H and O–H groups in total. The molecule has 15 heavy (non-hydrogen) atoms. The number of rotatable bonds is 3. The van der Waals surface area contributed by atoms with Crippen molar-refractivity contribution in [2.24, 2.45) is 0 Å². The van der Waals surface area contributed by atoms with E-state index in [1.165, 1.54) is 0 Å². The maximum Gasteiger partial charge on any atom is 0.172 e. The number of hydrogen-bond acceptors (Lipinski definition) is 2. The lowest BCUT2D eigenvalue weighted by atomic mass is 10.1. The summed E-state index contributed by atoms with van der Waals surface area (Å²) in [5.41, 5.74) is 0.735. The lowest BCUT2D eigenvalue weighted by Crippen LogP contribution is -2.26. The largest absolute Gasteiger partial charge is 0.458 e. The van der Waals surface area contributed by atoms with Crippen LogP contribution in [0.3, 0.4) is 0 Å². The Labute approximate surface area is 88.1 Å². The van der Waals surface area contributed by atoms with Gasteiger partial charge in [-0.1, -0.05) is 18.2 Å². The van der Waals surface area contributed by atoms with Crippen LogP contribution in [0.15, 0.2) is 34.7 Å². The quantitative estimate of drug-likeness (QED) is 0.836. The minimum atomic E-state index is -1.11. The Morgan fingerprint density at radius 2 is 2.07 bits per heavy atom. The van der Waals surface area contributed by atoms with E-state index in [9.17, 15) is 4.39 Å². The summed E-state index contributed by atoms with van der Waals surface area (Å²) in [7, 11) is 1.74. The van der Waals surface area contributed by atoms with Gasteiger partial charge in [0.15, 0.2) is 6.17 Å². The van der Waals surface area contributed by atoms with E-state index >= 15 is 0 Å². The highest BCUT2D eigenvalue weighted by Crippen LogP contribution is 2.27. The zero-order valence-electron chi connectivity index (χ0n) is 8.83. The molecule has 0 saturated carbocycles. The SMILES string of the molecule is CNC(C)C(F)c1cc2ccccc2o1. The van der Waals surface area contributed by atoms with Gasteiger partial charge in [0.05, 0.1) is 0 Å². The lowest BCUT2D eigenvalue weighted by molar-refractivity contribution is 0.238. The van der Waals surface area contributed by atoms with Crippen molar-refractivity contribution in [1.29, 1.82) is 0 Å². The number of benzene rings is 1. The smallest absolute Gasteiger partial charge is 0.172 e. The molecule has 0 aliphatic heterocycles. The van der Waals surface area contributed by atoms with Crippen LogP contribution >= 0.6 is 0 Å². The second-order valence-electron chi connectivity index (χ2n) is 3.67. The molecule has 2 rings (SSSR count). The Bertz CT molecular complexity index is 419. The van der Waals surface area contributed by atoms with Gasteiger partial charge in [0.25, 0.3) is 0 Å². The third kappa shape index (κ3) is 1.88. The fraction of sp³-hybridized carbons (Fsp3) is 0.333. The molecule has 2 atom stereocenters. The van der Waals surface area contributed by atoms with Crippen LogP contribution in [0.25, 0.3) is 11.0 Å². The van der Waals surface area contributed by atoms with Crippen LogP contribution < -0.4 is 5.32 Å². The summed E-state index contributed by atoms with van der Waals surface area (Å²) in [5.74, 6) is 0.387. The van der Waals surface area contributed by atoms with Crippen LogP contribution in [0, 0.1) is 0 Å². The third-order valence-electron chi connectivity index (χ3n) is 2.61. The first-order valence-electron chi connectivity index (χ1n) is 5.02. The molecule has 0 amide bonds. The van der Waals surface area contributed by atoms with Crippen molar-refractivity contribution in [2.45, 2.75) is 19.1 Å². The van der Waals surface area contributed by atoms with Gasteiger partial charge in [-0.15, -0.1) is 0 Å². The average Bonchev–Trinajstić information content (AvgIpc) is 2.70. The summed E-state index contributed by atoms with van der Waals surface area (Å²) in [5, 5.41) is 3.82. The van der Waals surface area contributed by atoms with E-state index in [0.717, 1.165) is 11.0 Å². The molecule has 1 aromatic heterocycles. The molecule has 2 aromatic rings. The number of alkyl halides is 1. The van der Waals surface area contributed by atoms with Gasteiger partial charge in [0, 0.05) is 11.4 Å². The summed E-state index contributed by atoms with van der Waals surface area (Å²) < 4.78 is 19.2. The molecule has 1 aromatic carbocycles. The Morgan fingerprint density at radius 3 is 2.73 bits per heavy atom. The van der Waals surface area contributed by atoms with Gasteiger partial charge in [-0.05, 0) is 26.1 Å². The zero-order chi connectivity index (χ0) is 10.8. The second kappa shape index (κ2) is 4.03. The lowest BCUT2D eigenvalue weighted by Gasteiger charge is -2.12. The monoisotopic (exact) mass is 207 g/mol. The molecular weight excluding hydrogens is 193 g/mol. The highest BCUT2D eigenvalue weighted by atomic mass is 19.1. The Morgan fingerprint density at radius 1 is 1.33 bits per heavy atom. The highest BCUT2D eigenvalue weighted by Gasteiger charge is 2.20. The Hall–Kier alpha value is -1.35. The van der Waals surface area contributed by atoms with Crippen molar-refractivity contribution in [2.75, 3.05) is 7.05 Å². The number of furan rings is 1. The maximum atomic E-state index is 13.8. The molecule has 0 spiro atoms. The van der Waals surface area contributed by atoms with Gasteiger partial charge in [-0.2, -0.15) is 0 Å². The van der Waals surface area contributed by atoms with Gasteiger partial charge in [0.2, 0.25) is 0 Å². The predicted molar refractivity (Wildman–Crippen MR) is 58.6 cm³/mol. The van der Waals surface area contributed by atoms with Gasteiger partial charge in [-0.3, -0.25) is 0 Å². The molecule has 2 nitrogen and oxygen atoms in total. The molecular formula is C12H14FNO. The van der Waals surface area contributed by atoms with Gasteiger partial charge >= 0.3 is 0 Å². The number of para-hydroxylation sites is 1. The van der Waals surface area contributed by atoms with Crippen LogP contribution in [0.4, 0.5) is 4.39 Å². The molecule has 0 aliphatic carbocycles. The fourth-order valence-corrected chi connectivity index (χ4v) is 1.53. The van der Waals surface area contributed by atoms with E-state index in [1.807, 2.05) is 24.3 Å². The van der Waals surface area contributed by atoms with Crippen LogP contribution in [-0.4, -0.2) is 13.1 Å². The van der Waals surface area contributed by atoms with Gasteiger partial charge in [0.1, 0.15) is 11.3 Å². The van der Waals surface area contributed by atoms with Crippen molar-refractivity contribution in [3.8, 4) is 0 Å². The summed E-state index contributed by atoms with van der Waals surface area (Å²) in [6.45, 7) is 1.79. The van der Waals surface area contributed by atoms with E-state index in [-0.39, 0.29) is 6.04 Å². The number of halogens is 1. The summed E-state index contributed by atoms with van der Waals surface area (Å²) in [6, 6.07) is 9.06. The Balaban J connectivity index is 2.36. The van der Waals surface area contributed by atoms with E-state index in [4.69, 9.17) is 4.42 Å². The van der Waals surface area contributed by atoms with Crippen LogP contribution in [0.5, 0.6) is 0 Å². The number of nitrogens with one attached hydrogen (secondary N) is 1. The first kappa shape index (κ1) is 10.2. The normalized spacial score (nSPS) is 15.4. The maximum absolute atomic E-state index is 13.8. The predicted octanol–water partition coefficient (Wildman–Crippen LogP) is 3.05. The molecule has 1 heterocycles. The average molecular weight is 207 g/mol. The van der Waals surface area contributed by atoms with Crippen LogP contribution in [0.1, 0.15) is 18.9 Å². The van der Waals surface area contributed by atoms with Crippen LogP contribution in [0.2, 0.25) is 0 Å². The molecule has 80 valence electrons. The first-order valence-corrected chi connectivity index (χ1v) is 5.02. The van der Waals surface area contributed by atoms with Crippen LogP contribution in [-0.2, 0) is 0 Å². The molecule has 3 heteroatoms. The van der Waals surface area contributed by atoms with E-state index in [2.05, 4.69) is 5.32 Å². The van der Waals surface area contributed by atoms with Crippen molar-refractivity contribution in [1.82, 2.24) is 5.32 Å². The summed E-state index contributed by atoms with van der Waals surface area (Å²) in [6.07, 6.45) is -1.11. The highest BCUT2D eigenvalue weighted by molar-refractivity contribution is 5.77. The summed E-state index contributed by atoms with van der Waals surface area (Å²) >= 11 is 0. The topological polar surface area (TPSA) is 25.2 Å². The molecule has 0 bridgehead atoms. The van der Waals surface area contributed by atoms with E-state index < -0.39 is 6.17 Å². The molecule has 0 fully saturated rings. The first-order chi connectivity index (χ1) is 7.22. The number of fused-ring (bicyclic) bond motifs is 1.